The zero-order valence-electron chi connectivity index (χ0n) is 21.0. The van der Waals surface area contributed by atoms with E-state index in [9.17, 15) is 18.0 Å². The van der Waals surface area contributed by atoms with Crippen LogP contribution in [0, 0.1) is 0 Å². The van der Waals surface area contributed by atoms with Crippen molar-refractivity contribution < 1.29 is 27.5 Å². The van der Waals surface area contributed by atoms with Crippen molar-refractivity contribution in [2.24, 2.45) is 0 Å². The second-order valence-corrected chi connectivity index (χ2v) is 10.5. The molecule has 2 rings (SSSR count). The van der Waals surface area contributed by atoms with Gasteiger partial charge in [-0.15, -0.1) is 6.58 Å². The fourth-order valence-corrected chi connectivity index (χ4v) is 5.50. The highest BCUT2D eigenvalue weighted by Gasteiger charge is 2.32. The molecule has 0 spiro atoms. The van der Waals surface area contributed by atoms with Gasteiger partial charge in [-0.2, -0.15) is 4.31 Å². The van der Waals surface area contributed by atoms with Crippen molar-refractivity contribution in [3.63, 3.8) is 0 Å². The predicted molar refractivity (Wildman–Crippen MR) is 139 cm³/mol. The molecule has 2 aromatic rings. The highest BCUT2D eigenvalue weighted by atomic mass is 32.2. The van der Waals surface area contributed by atoms with Crippen LogP contribution in [0.4, 0.5) is 0 Å². The van der Waals surface area contributed by atoms with Crippen LogP contribution in [-0.4, -0.2) is 44.0 Å². The number of sulfonamides is 1. The van der Waals surface area contributed by atoms with E-state index in [1.807, 2.05) is 24.3 Å². The first-order valence-corrected chi connectivity index (χ1v) is 13.1. The summed E-state index contributed by atoms with van der Waals surface area (Å²) in [5.41, 5.74) is 6.12. The number of hydrogen-bond donors (Lipinski definition) is 2. The molecule has 0 fully saturated rings. The highest BCUT2D eigenvalue weighted by Crippen LogP contribution is 2.25. The van der Waals surface area contributed by atoms with Gasteiger partial charge in [0.05, 0.1) is 19.5 Å². The molecule has 0 aliphatic heterocycles. The summed E-state index contributed by atoms with van der Waals surface area (Å²) in [7, 11) is -0.692. The van der Waals surface area contributed by atoms with Crippen molar-refractivity contribution in [1.82, 2.24) is 15.2 Å². The SMILES string of the molecule is C=CCC[C@H](CCC(=O)NNC(C)=O)S(=O)(=O)N(Cc1ccc(OC)cc1)Cc1ccc(OC)cc1. The Morgan fingerprint density at radius 2 is 1.42 bits per heavy atom. The number of nitrogens with one attached hydrogen (secondary N) is 2. The second kappa shape index (κ2) is 14.3. The first-order valence-electron chi connectivity index (χ1n) is 11.6. The standard InChI is InChI=1S/C26H35N3O6S/c1-5-6-7-25(16-17-26(31)28-27-20(2)30)36(32,33)29(18-21-8-12-23(34-3)13-9-21)19-22-10-14-24(35-4)15-11-22/h5,8-15,25H,1,6-7,16-19H2,2-4H3,(H,27,30)(H,28,31)/t25-/m1/s1. The normalized spacial score (nSPS) is 12.0. The van der Waals surface area contributed by atoms with Crippen molar-refractivity contribution in [2.45, 2.75) is 50.9 Å². The van der Waals surface area contributed by atoms with Crippen molar-refractivity contribution in [2.75, 3.05) is 14.2 Å². The number of nitrogens with zero attached hydrogens (tertiary/aromatic N) is 1. The summed E-state index contributed by atoms with van der Waals surface area (Å²) in [4.78, 5) is 23.2. The summed E-state index contributed by atoms with van der Waals surface area (Å²) < 4.78 is 39.7. The zero-order chi connectivity index (χ0) is 26.6. The molecule has 0 aliphatic carbocycles. The minimum absolute atomic E-state index is 0.0553. The number of rotatable bonds is 14. The molecular formula is C26H35N3O6S. The molecule has 196 valence electrons. The van der Waals surface area contributed by atoms with Gasteiger partial charge in [-0.1, -0.05) is 30.3 Å². The Balaban J connectivity index is 2.31. The van der Waals surface area contributed by atoms with Crippen LogP contribution < -0.4 is 20.3 Å². The van der Waals surface area contributed by atoms with Crippen molar-refractivity contribution in [1.29, 1.82) is 0 Å². The molecule has 2 N–H and O–H groups in total. The van der Waals surface area contributed by atoms with Gasteiger partial charge in [0.25, 0.3) is 0 Å². The van der Waals surface area contributed by atoms with Crippen LogP contribution >= 0.6 is 0 Å². The van der Waals surface area contributed by atoms with Crippen molar-refractivity contribution in [3.05, 3.63) is 72.3 Å². The Labute approximate surface area is 213 Å². The molecule has 0 saturated carbocycles. The molecule has 0 aromatic heterocycles. The number of carbonyl (C=O) groups excluding carboxylic acids is 2. The van der Waals surface area contributed by atoms with E-state index in [2.05, 4.69) is 17.4 Å². The van der Waals surface area contributed by atoms with Gasteiger partial charge in [-0.25, -0.2) is 8.42 Å². The summed E-state index contributed by atoms with van der Waals surface area (Å²) in [6.45, 7) is 5.29. The third kappa shape index (κ3) is 9.01. The van der Waals surface area contributed by atoms with Crippen molar-refractivity contribution >= 4 is 21.8 Å². The monoisotopic (exact) mass is 517 g/mol. The molecular weight excluding hydrogens is 482 g/mol. The average Bonchev–Trinajstić information content (AvgIpc) is 2.87. The molecule has 2 amide bonds. The van der Waals surface area contributed by atoms with Crippen LogP contribution in [0.15, 0.2) is 61.2 Å². The fraction of sp³-hybridized carbons (Fsp3) is 0.385. The van der Waals surface area contributed by atoms with Gasteiger partial charge in [0.1, 0.15) is 11.5 Å². The number of benzene rings is 2. The zero-order valence-corrected chi connectivity index (χ0v) is 21.8. The number of hydrazine groups is 1. The topological polar surface area (TPSA) is 114 Å². The summed E-state index contributed by atoms with van der Waals surface area (Å²) in [6, 6.07) is 14.5. The van der Waals surface area contributed by atoms with Crippen molar-refractivity contribution in [3.8, 4) is 11.5 Å². The molecule has 10 heteroatoms. The van der Waals surface area contributed by atoms with E-state index in [1.165, 1.54) is 11.2 Å². The van der Waals surface area contributed by atoms with Crippen LogP contribution in [0.3, 0.4) is 0 Å². The molecule has 36 heavy (non-hydrogen) atoms. The van der Waals surface area contributed by atoms with Crippen LogP contribution in [0.2, 0.25) is 0 Å². The minimum Gasteiger partial charge on any atom is -0.497 e. The molecule has 0 aliphatic rings. The Hall–Kier alpha value is -3.37. The Morgan fingerprint density at radius 3 is 1.83 bits per heavy atom. The van der Waals surface area contributed by atoms with Gasteiger partial charge >= 0.3 is 0 Å². The number of carbonyl (C=O) groups is 2. The maximum absolute atomic E-state index is 13.9. The molecule has 0 bridgehead atoms. The van der Waals surface area contributed by atoms with E-state index in [1.54, 1.807) is 44.6 Å². The minimum atomic E-state index is -3.83. The number of allylic oxidation sites excluding steroid dienone is 1. The van der Waals surface area contributed by atoms with E-state index in [4.69, 9.17) is 9.47 Å². The lowest BCUT2D eigenvalue weighted by Crippen LogP contribution is -2.42. The van der Waals surface area contributed by atoms with E-state index in [-0.39, 0.29) is 25.9 Å². The average molecular weight is 518 g/mol. The van der Waals surface area contributed by atoms with E-state index in [0.717, 1.165) is 11.1 Å². The molecule has 0 radical (unpaired) electrons. The summed E-state index contributed by atoms with van der Waals surface area (Å²) in [6.07, 6.45) is 2.51. The lowest BCUT2D eigenvalue weighted by Gasteiger charge is -2.28. The van der Waals surface area contributed by atoms with Gasteiger partial charge < -0.3 is 9.47 Å². The Bertz CT molecular complexity index is 1050. The number of amides is 2. The first-order chi connectivity index (χ1) is 17.2. The fourth-order valence-electron chi connectivity index (χ4n) is 3.57. The molecule has 2 aromatic carbocycles. The molecule has 9 nitrogen and oxygen atoms in total. The summed E-state index contributed by atoms with van der Waals surface area (Å²) in [5, 5.41) is -0.810. The van der Waals surface area contributed by atoms with E-state index < -0.39 is 27.1 Å². The lowest BCUT2D eigenvalue weighted by molar-refractivity contribution is -0.127. The lowest BCUT2D eigenvalue weighted by atomic mass is 10.1. The predicted octanol–water partition coefficient (Wildman–Crippen LogP) is 3.32. The third-order valence-electron chi connectivity index (χ3n) is 5.58. The molecule has 0 heterocycles. The van der Waals surface area contributed by atoms with E-state index in [0.29, 0.717) is 24.3 Å². The number of hydrogen-bond acceptors (Lipinski definition) is 6. The maximum atomic E-state index is 13.9. The summed E-state index contributed by atoms with van der Waals surface area (Å²) >= 11 is 0. The van der Waals surface area contributed by atoms with Gasteiger partial charge in [-0.3, -0.25) is 20.4 Å². The maximum Gasteiger partial charge on any atom is 0.238 e. The number of methoxy groups -OCH3 is 2. The van der Waals surface area contributed by atoms with Gasteiger partial charge in [0.2, 0.25) is 21.8 Å². The molecule has 0 unspecified atom stereocenters. The number of ether oxygens (including phenoxy) is 2. The smallest absolute Gasteiger partial charge is 0.238 e. The van der Waals surface area contributed by atoms with Gasteiger partial charge in [0, 0.05) is 26.4 Å². The van der Waals surface area contributed by atoms with Gasteiger partial charge in [0.15, 0.2) is 0 Å². The highest BCUT2D eigenvalue weighted by molar-refractivity contribution is 7.89. The van der Waals surface area contributed by atoms with Crippen LogP contribution in [0.1, 0.15) is 43.7 Å². The molecule has 1 atom stereocenters. The van der Waals surface area contributed by atoms with Crippen LogP contribution in [0.25, 0.3) is 0 Å². The summed E-state index contributed by atoms with van der Waals surface area (Å²) in [5.74, 6) is 0.486. The molecule has 0 saturated heterocycles. The second-order valence-electron chi connectivity index (χ2n) is 8.27. The third-order valence-corrected chi connectivity index (χ3v) is 7.87. The van der Waals surface area contributed by atoms with Crippen LogP contribution in [-0.2, 0) is 32.7 Å². The van der Waals surface area contributed by atoms with Gasteiger partial charge in [-0.05, 0) is 54.7 Å². The first kappa shape index (κ1) is 28.9. The van der Waals surface area contributed by atoms with E-state index >= 15 is 0 Å². The van der Waals surface area contributed by atoms with Crippen LogP contribution in [0.5, 0.6) is 11.5 Å². The largest absolute Gasteiger partial charge is 0.497 e. The quantitative estimate of drug-likeness (QED) is 0.294. The Morgan fingerprint density at radius 1 is 0.917 bits per heavy atom. The Kier molecular flexibility index (Phi) is 11.4.